The lowest BCUT2D eigenvalue weighted by atomic mass is 10.2. The van der Waals surface area contributed by atoms with Crippen LogP contribution in [0.1, 0.15) is 72.6 Å². The predicted molar refractivity (Wildman–Crippen MR) is 83.5 cm³/mol. The molecule has 3 nitrogen and oxygen atoms in total. The molecule has 4 heteroatoms. The molecule has 0 saturated carbocycles. The Kier molecular flexibility index (Phi) is 14.6. The van der Waals surface area contributed by atoms with Crippen LogP contribution in [0.25, 0.3) is 0 Å². The van der Waals surface area contributed by atoms with E-state index in [1.165, 1.54) is 25.7 Å². The summed E-state index contributed by atoms with van der Waals surface area (Å²) in [4.78, 5) is 0. The van der Waals surface area contributed by atoms with E-state index in [-0.39, 0.29) is 0 Å². The zero-order valence-corrected chi connectivity index (χ0v) is 14.6. The van der Waals surface area contributed by atoms with Crippen LogP contribution in [0.4, 0.5) is 0 Å². The van der Waals surface area contributed by atoms with Crippen molar-refractivity contribution in [3.8, 4) is 0 Å². The lowest BCUT2D eigenvalue weighted by molar-refractivity contribution is 0.0867. The van der Waals surface area contributed by atoms with Crippen molar-refractivity contribution < 1.29 is 13.3 Å². The van der Waals surface area contributed by atoms with Crippen molar-refractivity contribution in [3.63, 3.8) is 0 Å². The monoisotopic (exact) mass is 290 g/mol. The molecule has 0 spiro atoms. The van der Waals surface area contributed by atoms with Crippen LogP contribution in [-0.2, 0) is 13.3 Å². The van der Waals surface area contributed by atoms with E-state index >= 15 is 0 Å². The second-order valence-electron chi connectivity index (χ2n) is 5.50. The summed E-state index contributed by atoms with van der Waals surface area (Å²) in [6, 6.07) is 0. The van der Waals surface area contributed by atoms with E-state index in [2.05, 4.69) is 27.7 Å². The summed E-state index contributed by atoms with van der Waals surface area (Å²) in [5.74, 6) is 0.676. The summed E-state index contributed by atoms with van der Waals surface area (Å²) in [7, 11) is -1.88. The molecule has 0 radical (unpaired) electrons. The molecule has 0 atom stereocenters. The molecule has 0 aromatic heterocycles. The molecule has 0 rings (SSSR count). The topological polar surface area (TPSA) is 27.7 Å². The van der Waals surface area contributed by atoms with Gasteiger partial charge >= 0.3 is 9.53 Å². The second kappa shape index (κ2) is 14.5. The van der Waals surface area contributed by atoms with E-state index in [9.17, 15) is 0 Å². The standard InChI is InChI=1S/C15H34O3Si/c1-5-7-9-12-16-19(17-13-10-8-6-2)18-14-11-15(3)4/h15,19H,5-14H2,1-4H3. The maximum absolute atomic E-state index is 5.81. The molecule has 0 amide bonds. The summed E-state index contributed by atoms with van der Waals surface area (Å²) in [5, 5.41) is 0. The minimum Gasteiger partial charge on any atom is -0.376 e. The maximum atomic E-state index is 5.81. The van der Waals surface area contributed by atoms with Gasteiger partial charge in [0.25, 0.3) is 0 Å². The Morgan fingerprint density at radius 2 is 1.21 bits per heavy atom. The van der Waals surface area contributed by atoms with Crippen LogP contribution in [0.5, 0.6) is 0 Å². The fourth-order valence-corrected chi connectivity index (χ4v) is 2.94. The first kappa shape index (κ1) is 19.1. The largest absolute Gasteiger partial charge is 0.484 e. The van der Waals surface area contributed by atoms with Crippen LogP contribution in [-0.4, -0.2) is 29.3 Å². The second-order valence-corrected chi connectivity index (χ2v) is 7.08. The van der Waals surface area contributed by atoms with Crippen LogP contribution in [0.15, 0.2) is 0 Å². The van der Waals surface area contributed by atoms with E-state index in [0.717, 1.165) is 39.1 Å². The first-order valence-corrected chi connectivity index (χ1v) is 9.46. The van der Waals surface area contributed by atoms with Gasteiger partial charge in [-0.1, -0.05) is 53.4 Å². The smallest absolute Gasteiger partial charge is 0.376 e. The molecule has 0 N–H and O–H groups in total. The van der Waals surface area contributed by atoms with E-state index in [1.54, 1.807) is 0 Å². The van der Waals surface area contributed by atoms with E-state index < -0.39 is 9.53 Å². The molecule has 0 unspecified atom stereocenters. The lowest BCUT2D eigenvalue weighted by Gasteiger charge is -2.17. The average Bonchev–Trinajstić information content (AvgIpc) is 2.38. The van der Waals surface area contributed by atoms with Gasteiger partial charge in [-0.15, -0.1) is 0 Å². The van der Waals surface area contributed by atoms with Crippen LogP contribution >= 0.6 is 0 Å². The zero-order chi connectivity index (χ0) is 14.3. The molecular formula is C15H34O3Si. The summed E-state index contributed by atoms with van der Waals surface area (Å²) in [6.45, 7) is 11.2. The number of rotatable bonds is 14. The molecule has 0 aliphatic heterocycles. The predicted octanol–water partition coefficient (Wildman–Crippen LogP) is 4.18. The molecule has 0 fully saturated rings. The summed E-state index contributed by atoms with van der Waals surface area (Å²) >= 11 is 0. The third-order valence-corrected chi connectivity index (χ3v) is 4.48. The molecule has 0 bridgehead atoms. The maximum Gasteiger partial charge on any atom is 0.484 e. The molecule has 0 heterocycles. The van der Waals surface area contributed by atoms with Gasteiger partial charge in [-0.25, -0.2) is 0 Å². The van der Waals surface area contributed by atoms with Crippen LogP contribution in [0.3, 0.4) is 0 Å². The normalized spacial score (nSPS) is 11.7. The number of hydrogen-bond donors (Lipinski definition) is 0. The average molecular weight is 291 g/mol. The molecule has 0 saturated heterocycles. The molecule has 0 aliphatic carbocycles. The highest BCUT2D eigenvalue weighted by molar-refractivity contribution is 6.36. The lowest BCUT2D eigenvalue weighted by Crippen LogP contribution is -2.29. The van der Waals surface area contributed by atoms with Gasteiger partial charge in [-0.2, -0.15) is 0 Å². The summed E-state index contributed by atoms with van der Waals surface area (Å²) in [5.41, 5.74) is 0. The minimum absolute atomic E-state index is 0.676. The SMILES string of the molecule is CCCCCO[SiH](OCCCCC)OCCC(C)C. The Hall–Kier alpha value is 0.0969. The highest BCUT2D eigenvalue weighted by atomic mass is 28.3. The van der Waals surface area contributed by atoms with Gasteiger partial charge in [0.15, 0.2) is 0 Å². The highest BCUT2D eigenvalue weighted by Gasteiger charge is 2.15. The van der Waals surface area contributed by atoms with Crippen LogP contribution < -0.4 is 0 Å². The third-order valence-electron chi connectivity index (χ3n) is 2.95. The molecular weight excluding hydrogens is 256 g/mol. The molecule has 0 aliphatic rings. The van der Waals surface area contributed by atoms with Crippen molar-refractivity contribution in [1.82, 2.24) is 0 Å². The first-order chi connectivity index (χ1) is 9.20. The molecule has 116 valence electrons. The van der Waals surface area contributed by atoms with Gasteiger partial charge in [0.1, 0.15) is 0 Å². The van der Waals surface area contributed by atoms with Crippen molar-refractivity contribution in [2.45, 2.75) is 72.6 Å². The van der Waals surface area contributed by atoms with Gasteiger partial charge in [0.2, 0.25) is 0 Å². The van der Waals surface area contributed by atoms with Crippen molar-refractivity contribution in [1.29, 1.82) is 0 Å². The number of unbranched alkanes of at least 4 members (excludes halogenated alkanes) is 4. The summed E-state index contributed by atoms with van der Waals surface area (Å²) < 4.78 is 17.4. The van der Waals surface area contributed by atoms with Crippen molar-refractivity contribution in [2.75, 3.05) is 19.8 Å². The number of hydrogen-bond acceptors (Lipinski definition) is 3. The molecule has 0 aromatic carbocycles. The van der Waals surface area contributed by atoms with Crippen molar-refractivity contribution >= 4 is 9.53 Å². The van der Waals surface area contributed by atoms with Gasteiger partial charge in [-0.05, 0) is 25.2 Å². The van der Waals surface area contributed by atoms with Gasteiger partial charge in [0, 0.05) is 19.8 Å². The summed E-state index contributed by atoms with van der Waals surface area (Å²) in [6.07, 6.45) is 8.21. The van der Waals surface area contributed by atoms with Gasteiger partial charge in [-0.3, -0.25) is 0 Å². The molecule has 19 heavy (non-hydrogen) atoms. The zero-order valence-electron chi connectivity index (χ0n) is 13.5. The Labute approximate surface area is 122 Å². The van der Waals surface area contributed by atoms with Crippen molar-refractivity contribution in [2.24, 2.45) is 5.92 Å². The third kappa shape index (κ3) is 14.3. The fraction of sp³-hybridized carbons (Fsp3) is 1.00. The Bertz CT molecular complexity index is 165. The van der Waals surface area contributed by atoms with Gasteiger partial charge in [0.05, 0.1) is 0 Å². The minimum atomic E-state index is -1.88. The van der Waals surface area contributed by atoms with Crippen LogP contribution in [0.2, 0.25) is 0 Å². The first-order valence-electron chi connectivity index (χ1n) is 8.05. The Balaban J connectivity index is 3.72. The Morgan fingerprint density at radius 3 is 1.63 bits per heavy atom. The fourth-order valence-electron chi connectivity index (χ4n) is 1.61. The quantitative estimate of drug-likeness (QED) is 0.355. The highest BCUT2D eigenvalue weighted by Crippen LogP contribution is 2.04. The molecule has 0 aromatic rings. The van der Waals surface area contributed by atoms with E-state index in [1.807, 2.05) is 0 Å². The Morgan fingerprint density at radius 1 is 0.737 bits per heavy atom. The van der Waals surface area contributed by atoms with E-state index in [4.69, 9.17) is 13.3 Å². The van der Waals surface area contributed by atoms with E-state index in [0.29, 0.717) is 5.92 Å². The van der Waals surface area contributed by atoms with Crippen LogP contribution in [0, 0.1) is 5.92 Å². The van der Waals surface area contributed by atoms with Gasteiger partial charge < -0.3 is 13.3 Å². The van der Waals surface area contributed by atoms with Crippen molar-refractivity contribution in [3.05, 3.63) is 0 Å².